The lowest BCUT2D eigenvalue weighted by Gasteiger charge is -2.40. The monoisotopic (exact) mass is 367 g/mol. The average Bonchev–Trinajstić information content (AvgIpc) is 3.03. The number of ether oxygens (including phenoxy) is 2. The van der Waals surface area contributed by atoms with E-state index in [1.165, 1.54) is 4.90 Å². The van der Waals surface area contributed by atoms with Crippen LogP contribution in [-0.4, -0.2) is 133 Å². The molecule has 0 aliphatic carbocycles. The molecule has 11 atom stereocenters. The van der Waals surface area contributed by atoms with Crippen molar-refractivity contribution in [2.24, 2.45) is 0 Å². The predicted octanol–water partition coefficient (Wildman–Crippen LogP) is -5.69. The fraction of sp³-hybridized carbons (Fsp3) is 1.00. The first-order valence-electron chi connectivity index (χ1n) is 8.18. The van der Waals surface area contributed by atoms with Gasteiger partial charge in [0.25, 0.3) is 0 Å². The molecular formula is C14H25NO10. The number of nitrogens with zero attached hydrogens (tertiary/aromatic N) is 1. The van der Waals surface area contributed by atoms with Crippen LogP contribution in [0, 0.1) is 0 Å². The molecule has 3 heterocycles. The number of aliphatic hydroxyl groups is 8. The molecular weight excluding hydrogens is 342 g/mol. The highest BCUT2D eigenvalue weighted by atomic mass is 16.7. The Kier molecular flexibility index (Phi) is 5.63. The fourth-order valence-electron chi connectivity index (χ4n) is 3.92. The maximum atomic E-state index is 10.4. The van der Waals surface area contributed by atoms with Gasteiger partial charge in [-0.1, -0.05) is 0 Å². The van der Waals surface area contributed by atoms with E-state index in [-0.39, 0.29) is 6.54 Å². The Morgan fingerprint density at radius 2 is 1.48 bits per heavy atom. The van der Waals surface area contributed by atoms with E-state index in [1.807, 2.05) is 0 Å². The van der Waals surface area contributed by atoms with Crippen LogP contribution in [-0.2, 0) is 9.47 Å². The molecule has 0 spiro atoms. The minimum absolute atomic E-state index is 0.0419. The van der Waals surface area contributed by atoms with Crippen molar-refractivity contribution in [2.45, 2.75) is 67.2 Å². The van der Waals surface area contributed by atoms with Crippen molar-refractivity contribution in [1.29, 1.82) is 0 Å². The summed E-state index contributed by atoms with van der Waals surface area (Å²) in [5.74, 6) is 0. The molecule has 3 saturated heterocycles. The molecule has 0 bridgehead atoms. The lowest BCUT2D eigenvalue weighted by atomic mass is 9.99. The molecule has 11 nitrogen and oxygen atoms in total. The Hall–Kier alpha value is -0.440. The highest BCUT2D eigenvalue weighted by Crippen LogP contribution is 2.36. The molecule has 3 aliphatic heterocycles. The summed E-state index contributed by atoms with van der Waals surface area (Å²) in [6.07, 6.45) is -12.0. The van der Waals surface area contributed by atoms with Gasteiger partial charge in [0.2, 0.25) is 0 Å². The van der Waals surface area contributed by atoms with E-state index in [0.717, 1.165) is 0 Å². The van der Waals surface area contributed by atoms with Crippen molar-refractivity contribution in [3.63, 3.8) is 0 Å². The minimum Gasteiger partial charge on any atom is -0.395 e. The van der Waals surface area contributed by atoms with Crippen LogP contribution >= 0.6 is 0 Å². The van der Waals surface area contributed by atoms with Gasteiger partial charge in [0.15, 0.2) is 6.29 Å². The maximum absolute atomic E-state index is 10.4. The molecule has 3 aliphatic rings. The van der Waals surface area contributed by atoms with Gasteiger partial charge in [-0.05, 0) is 0 Å². The van der Waals surface area contributed by atoms with Crippen LogP contribution in [0.1, 0.15) is 0 Å². The smallest absolute Gasteiger partial charge is 0.187 e. The van der Waals surface area contributed by atoms with E-state index in [4.69, 9.17) is 9.47 Å². The summed E-state index contributed by atoms with van der Waals surface area (Å²) in [5.41, 5.74) is 0. The Balaban J connectivity index is 1.70. The number of aliphatic hydroxyl groups excluding tert-OH is 8. The molecule has 0 radical (unpaired) electrons. The van der Waals surface area contributed by atoms with Gasteiger partial charge in [-0.25, -0.2) is 0 Å². The SMILES string of the molecule is OCC1O[C@H](O[C@H]2CN3[C@H]([C@H]2O)[C@@H](O)[C@H](O)[C@@H]3CO)[C@@H](O)C(O)[C@@H]1O. The predicted molar refractivity (Wildman–Crippen MR) is 78.0 cm³/mol. The fourth-order valence-corrected chi connectivity index (χ4v) is 3.92. The number of fused-ring (bicyclic) bond motifs is 1. The third-order valence-corrected chi connectivity index (χ3v) is 5.37. The van der Waals surface area contributed by atoms with Gasteiger partial charge in [0.1, 0.15) is 30.5 Å². The van der Waals surface area contributed by atoms with E-state index in [1.54, 1.807) is 0 Å². The second-order valence-electron chi connectivity index (χ2n) is 6.78. The van der Waals surface area contributed by atoms with Crippen LogP contribution in [0.3, 0.4) is 0 Å². The number of hydrogen-bond acceptors (Lipinski definition) is 11. The Morgan fingerprint density at radius 3 is 2.08 bits per heavy atom. The average molecular weight is 367 g/mol. The van der Waals surface area contributed by atoms with Gasteiger partial charge in [0.05, 0.1) is 43.6 Å². The quantitative estimate of drug-likeness (QED) is 0.237. The zero-order valence-corrected chi connectivity index (χ0v) is 13.3. The summed E-state index contributed by atoms with van der Waals surface area (Å²) in [6, 6.07) is -1.62. The molecule has 0 saturated carbocycles. The van der Waals surface area contributed by atoms with Crippen molar-refractivity contribution in [2.75, 3.05) is 19.8 Å². The Labute approximate surface area is 143 Å². The van der Waals surface area contributed by atoms with E-state index >= 15 is 0 Å². The lowest BCUT2D eigenvalue weighted by molar-refractivity contribution is -0.314. The second-order valence-corrected chi connectivity index (χ2v) is 6.78. The summed E-state index contributed by atoms with van der Waals surface area (Å²) < 4.78 is 10.8. The molecule has 2 unspecified atom stereocenters. The molecule has 0 aromatic carbocycles. The number of hydrogen-bond donors (Lipinski definition) is 8. The normalized spacial score (nSPS) is 54.0. The second kappa shape index (κ2) is 7.29. The van der Waals surface area contributed by atoms with Crippen LogP contribution < -0.4 is 0 Å². The molecule has 3 fully saturated rings. The van der Waals surface area contributed by atoms with Crippen molar-refractivity contribution in [1.82, 2.24) is 4.90 Å². The molecule has 146 valence electrons. The summed E-state index contributed by atoms with van der Waals surface area (Å²) in [4.78, 5) is 1.52. The van der Waals surface area contributed by atoms with Gasteiger partial charge in [-0.15, -0.1) is 0 Å². The largest absolute Gasteiger partial charge is 0.395 e. The van der Waals surface area contributed by atoms with E-state index in [9.17, 15) is 40.9 Å². The van der Waals surface area contributed by atoms with Gasteiger partial charge in [0, 0.05) is 6.54 Å². The third kappa shape index (κ3) is 3.09. The topological polar surface area (TPSA) is 184 Å². The summed E-state index contributed by atoms with van der Waals surface area (Å²) in [7, 11) is 0. The van der Waals surface area contributed by atoms with Gasteiger partial charge < -0.3 is 50.3 Å². The molecule has 0 aromatic rings. The molecule has 8 N–H and O–H groups in total. The number of rotatable bonds is 4. The van der Waals surface area contributed by atoms with Crippen molar-refractivity contribution in [3.05, 3.63) is 0 Å². The summed E-state index contributed by atoms with van der Waals surface area (Å²) >= 11 is 0. The highest BCUT2D eigenvalue weighted by Gasteiger charge is 2.58. The van der Waals surface area contributed by atoms with Gasteiger partial charge in [-0.3, -0.25) is 4.90 Å². The lowest BCUT2D eigenvalue weighted by Crippen LogP contribution is -2.60. The van der Waals surface area contributed by atoms with Gasteiger partial charge >= 0.3 is 0 Å². The maximum Gasteiger partial charge on any atom is 0.187 e. The van der Waals surface area contributed by atoms with Crippen LogP contribution in [0.4, 0.5) is 0 Å². The van der Waals surface area contributed by atoms with Crippen molar-refractivity contribution < 1.29 is 50.3 Å². The first kappa shape index (κ1) is 19.3. The Morgan fingerprint density at radius 1 is 0.800 bits per heavy atom. The highest BCUT2D eigenvalue weighted by molar-refractivity contribution is 5.10. The minimum atomic E-state index is -1.61. The molecule has 3 rings (SSSR count). The zero-order valence-electron chi connectivity index (χ0n) is 13.3. The molecule has 25 heavy (non-hydrogen) atoms. The first-order valence-corrected chi connectivity index (χ1v) is 8.18. The molecule has 11 heteroatoms. The van der Waals surface area contributed by atoms with E-state index < -0.39 is 80.4 Å². The summed E-state index contributed by atoms with van der Waals surface area (Å²) in [6.45, 7) is -0.987. The zero-order chi connectivity index (χ0) is 18.5. The van der Waals surface area contributed by atoms with E-state index in [2.05, 4.69) is 0 Å². The molecule has 0 amide bonds. The Bertz CT molecular complexity index is 467. The van der Waals surface area contributed by atoms with Crippen LogP contribution in [0.5, 0.6) is 0 Å². The van der Waals surface area contributed by atoms with Crippen molar-refractivity contribution in [3.8, 4) is 0 Å². The van der Waals surface area contributed by atoms with Crippen LogP contribution in [0.2, 0.25) is 0 Å². The molecule has 0 aromatic heterocycles. The third-order valence-electron chi connectivity index (χ3n) is 5.37. The van der Waals surface area contributed by atoms with Crippen LogP contribution in [0.25, 0.3) is 0 Å². The van der Waals surface area contributed by atoms with E-state index in [0.29, 0.717) is 0 Å². The van der Waals surface area contributed by atoms with Crippen LogP contribution in [0.15, 0.2) is 0 Å². The first-order chi connectivity index (χ1) is 11.8. The van der Waals surface area contributed by atoms with Crippen molar-refractivity contribution >= 4 is 0 Å². The van der Waals surface area contributed by atoms with Gasteiger partial charge in [-0.2, -0.15) is 0 Å². The standard InChI is InChI=1S/C14H25NO10/c16-2-4-8(18)11(21)7-9(19)5(1-15(4)7)24-14-13(23)12(22)10(20)6(3-17)25-14/h4-14,16-23H,1-3H2/t4-,5-,6?,7+,8+,9-,10+,11+,12?,13-,14-/m0/s1. The summed E-state index contributed by atoms with van der Waals surface area (Å²) in [5, 5.41) is 78.5.